The van der Waals surface area contributed by atoms with Gasteiger partial charge < -0.3 is 4.74 Å². The van der Waals surface area contributed by atoms with Gasteiger partial charge in [-0.1, -0.05) is 28.1 Å². The lowest BCUT2D eigenvalue weighted by molar-refractivity contribution is -0.156. The summed E-state index contributed by atoms with van der Waals surface area (Å²) >= 11 is 3.41. The molecule has 1 aromatic rings. The number of carbonyl (C=O) groups is 1. The van der Waals surface area contributed by atoms with Crippen molar-refractivity contribution in [1.29, 1.82) is 0 Å². The van der Waals surface area contributed by atoms with E-state index in [4.69, 9.17) is 4.74 Å². The van der Waals surface area contributed by atoms with Crippen molar-refractivity contribution in [3.63, 3.8) is 0 Å². The van der Waals surface area contributed by atoms with Crippen molar-refractivity contribution in [3.05, 3.63) is 34.3 Å². The summed E-state index contributed by atoms with van der Waals surface area (Å²) in [5, 5.41) is 0. The van der Waals surface area contributed by atoms with Gasteiger partial charge in [0.1, 0.15) is 5.60 Å². The van der Waals surface area contributed by atoms with E-state index in [0.29, 0.717) is 5.92 Å². The quantitative estimate of drug-likeness (QED) is 0.774. The molecule has 1 aromatic carbocycles. The van der Waals surface area contributed by atoms with E-state index in [9.17, 15) is 4.79 Å². The number of carbonyl (C=O) groups excluding carboxylic acids is 1. The fourth-order valence-electron chi connectivity index (χ4n) is 1.91. The molecule has 17 heavy (non-hydrogen) atoms. The Morgan fingerprint density at radius 1 is 1.29 bits per heavy atom. The average molecular weight is 297 g/mol. The van der Waals surface area contributed by atoms with Crippen molar-refractivity contribution < 1.29 is 9.53 Å². The normalized spacial score (nSPS) is 23.3. The van der Waals surface area contributed by atoms with E-state index in [-0.39, 0.29) is 17.5 Å². The van der Waals surface area contributed by atoms with Gasteiger partial charge in [-0.15, -0.1) is 0 Å². The maximum absolute atomic E-state index is 11.8. The van der Waals surface area contributed by atoms with Crippen LogP contribution < -0.4 is 0 Å². The fourth-order valence-corrected chi connectivity index (χ4v) is 2.18. The highest BCUT2D eigenvalue weighted by atomic mass is 79.9. The third-order valence-corrected chi connectivity index (χ3v) is 3.33. The molecule has 2 atom stereocenters. The van der Waals surface area contributed by atoms with Gasteiger partial charge in [-0.25, -0.2) is 0 Å². The summed E-state index contributed by atoms with van der Waals surface area (Å²) in [7, 11) is 0. The van der Waals surface area contributed by atoms with Gasteiger partial charge in [0.05, 0.1) is 5.92 Å². The zero-order valence-corrected chi connectivity index (χ0v) is 12.0. The molecule has 0 aromatic heterocycles. The largest absolute Gasteiger partial charge is 0.460 e. The molecule has 0 radical (unpaired) electrons. The first-order valence-electron chi connectivity index (χ1n) is 5.85. The van der Waals surface area contributed by atoms with Gasteiger partial charge in [0.2, 0.25) is 0 Å². The highest BCUT2D eigenvalue weighted by Gasteiger charge is 2.46. The molecule has 3 heteroatoms. The molecule has 1 saturated carbocycles. The first-order chi connectivity index (χ1) is 7.87. The standard InChI is InChI=1S/C14H17BrO2/c1-14(2,3)17-13(16)12-8-11(12)9-4-6-10(15)7-5-9/h4-7,11-12H,8H2,1-3H3/t11-,12-/m1/s1. The molecular weight excluding hydrogens is 280 g/mol. The highest BCUT2D eigenvalue weighted by Crippen LogP contribution is 2.48. The minimum atomic E-state index is -0.385. The lowest BCUT2D eigenvalue weighted by atomic mass is 10.1. The van der Waals surface area contributed by atoms with E-state index in [1.54, 1.807) is 0 Å². The minimum Gasteiger partial charge on any atom is -0.460 e. The van der Waals surface area contributed by atoms with Crippen molar-refractivity contribution in [2.45, 2.75) is 38.7 Å². The van der Waals surface area contributed by atoms with Gasteiger partial charge >= 0.3 is 5.97 Å². The molecule has 2 rings (SSSR count). The molecular formula is C14H17BrO2. The third kappa shape index (κ3) is 3.32. The first-order valence-corrected chi connectivity index (χ1v) is 6.64. The Kier molecular flexibility index (Phi) is 3.30. The summed E-state index contributed by atoms with van der Waals surface area (Å²) in [6, 6.07) is 8.16. The molecule has 0 saturated heterocycles. The Morgan fingerprint density at radius 3 is 2.41 bits per heavy atom. The maximum atomic E-state index is 11.8. The van der Waals surface area contributed by atoms with Crippen LogP contribution in [-0.2, 0) is 9.53 Å². The van der Waals surface area contributed by atoms with Crippen molar-refractivity contribution in [2.24, 2.45) is 5.92 Å². The van der Waals surface area contributed by atoms with Crippen molar-refractivity contribution in [1.82, 2.24) is 0 Å². The molecule has 0 amide bonds. The summed E-state index contributed by atoms with van der Waals surface area (Å²) in [6.07, 6.45) is 0.913. The van der Waals surface area contributed by atoms with E-state index >= 15 is 0 Å². The molecule has 1 aliphatic rings. The van der Waals surface area contributed by atoms with Gasteiger partial charge in [-0.3, -0.25) is 4.79 Å². The predicted octanol–water partition coefficient (Wildman–Crippen LogP) is 3.89. The van der Waals surface area contributed by atoms with E-state index in [2.05, 4.69) is 28.1 Å². The number of hydrogen-bond acceptors (Lipinski definition) is 2. The van der Waals surface area contributed by atoms with Crippen LogP contribution >= 0.6 is 15.9 Å². The van der Waals surface area contributed by atoms with Gasteiger partial charge in [-0.2, -0.15) is 0 Å². The molecule has 92 valence electrons. The summed E-state index contributed by atoms with van der Waals surface area (Å²) < 4.78 is 6.45. The summed E-state index contributed by atoms with van der Waals surface area (Å²) in [5.41, 5.74) is 0.841. The zero-order chi connectivity index (χ0) is 12.6. The van der Waals surface area contributed by atoms with Gasteiger partial charge in [-0.05, 0) is 50.8 Å². The highest BCUT2D eigenvalue weighted by molar-refractivity contribution is 9.10. The van der Waals surface area contributed by atoms with Gasteiger partial charge in [0.15, 0.2) is 0 Å². The van der Waals surface area contributed by atoms with E-state index < -0.39 is 0 Å². The summed E-state index contributed by atoms with van der Waals surface area (Å²) in [5.74, 6) is 0.332. The average Bonchev–Trinajstić information content (AvgIpc) is 2.96. The second-order valence-corrected chi connectivity index (χ2v) is 6.45. The first kappa shape index (κ1) is 12.6. The Morgan fingerprint density at radius 2 is 1.88 bits per heavy atom. The van der Waals surface area contributed by atoms with Crippen LogP contribution in [0.1, 0.15) is 38.7 Å². The van der Waals surface area contributed by atoms with Crippen LogP contribution in [0.5, 0.6) is 0 Å². The predicted molar refractivity (Wildman–Crippen MR) is 70.8 cm³/mol. The second-order valence-electron chi connectivity index (χ2n) is 5.53. The van der Waals surface area contributed by atoms with E-state index in [0.717, 1.165) is 10.9 Å². The monoisotopic (exact) mass is 296 g/mol. The van der Waals surface area contributed by atoms with Crippen molar-refractivity contribution in [2.75, 3.05) is 0 Å². The van der Waals surface area contributed by atoms with Crippen LogP contribution in [0.2, 0.25) is 0 Å². The zero-order valence-electron chi connectivity index (χ0n) is 10.4. The van der Waals surface area contributed by atoms with Crippen LogP contribution in [0, 0.1) is 5.92 Å². The smallest absolute Gasteiger partial charge is 0.310 e. The van der Waals surface area contributed by atoms with E-state index in [1.165, 1.54) is 5.56 Å². The summed E-state index contributed by atoms with van der Waals surface area (Å²) in [4.78, 5) is 11.8. The Balaban J connectivity index is 1.96. The number of ether oxygens (including phenoxy) is 1. The molecule has 0 spiro atoms. The Labute approximate surface area is 110 Å². The lowest BCUT2D eigenvalue weighted by Gasteiger charge is -2.19. The number of esters is 1. The maximum Gasteiger partial charge on any atom is 0.310 e. The van der Waals surface area contributed by atoms with Crippen LogP contribution in [0.15, 0.2) is 28.7 Å². The Bertz CT molecular complexity index is 417. The van der Waals surface area contributed by atoms with Crippen LogP contribution in [0.3, 0.4) is 0 Å². The molecule has 0 N–H and O–H groups in total. The van der Waals surface area contributed by atoms with Crippen LogP contribution in [-0.4, -0.2) is 11.6 Å². The lowest BCUT2D eigenvalue weighted by Crippen LogP contribution is -2.25. The van der Waals surface area contributed by atoms with Crippen LogP contribution in [0.4, 0.5) is 0 Å². The summed E-state index contributed by atoms with van der Waals surface area (Å²) in [6.45, 7) is 5.71. The van der Waals surface area contributed by atoms with E-state index in [1.807, 2.05) is 32.9 Å². The second kappa shape index (κ2) is 4.45. The SMILES string of the molecule is CC(C)(C)OC(=O)[C@@H]1C[C@@H]1c1ccc(Br)cc1. The molecule has 0 heterocycles. The fraction of sp³-hybridized carbons (Fsp3) is 0.500. The van der Waals surface area contributed by atoms with Gasteiger partial charge in [0.25, 0.3) is 0 Å². The Hall–Kier alpha value is -0.830. The van der Waals surface area contributed by atoms with Crippen LogP contribution in [0.25, 0.3) is 0 Å². The molecule has 1 aliphatic carbocycles. The topological polar surface area (TPSA) is 26.3 Å². The number of halogens is 1. The molecule has 0 aliphatic heterocycles. The molecule has 0 bridgehead atoms. The van der Waals surface area contributed by atoms with Gasteiger partial charge in [0, 0.05) is 4.47 Å². The molecule has 2 nitrogen and oxygen atoms in total. The minimum absolute atomic E-state index is 0.0513. The molecule has 0 unspecified atom stereocenters. The number of rotatable bonds is 2. The number of hydrogen-bond donors (Lipinski definition) is 0. The van der Waals surface area contributed by atoms with Crippen molar-refractivity contribution in [3.8, 4) is 0 Å². The number of benzene rings is 1. The van der Waals surface area contributed by atoms with Crippen molar-refractivity contribution >= 4 is 21.9 Å². The molecule has 1 fully saturated rings. The third-order valence-electron chi connectivity index (χ3n) is 2.80.